The average Bonchev–Trinajstić information content (AvgIpc) is 2.90. The Labute approximate surface area is 207 Å². The van der Waals surface area contributed by atoms with Crippen molar-refractivity contribution in [2.24, 2.45) is 0 Å². The number of hydrogen-bond donors (Lipinski definition) is 2. The number of amides is 3. The summed E-state index contributed by atoms with van der Waals surface area (Å²) in [6.45, 7) is 0.533. The minimum atomic E-state index is -0.798. The average molecular weight is 492 g/mol. The number of benzene rings is 3. The van der Waals surface area contributed by atoms with Crippen molar-refractivity contribution >= 4 is 23.6 Å². The van der Waals surface area contributed by atoms with E-state index >= 15 is 0 Å². The number of carbonyl (C=O) groups excluding carboxylic acids is 3. The van der Waals surface area contributed by atoms with Crippen LogP contribution in [0.25, 0.3) is 0 Å². The van der Waals surface area contributed by atoms with E-state index in [-0.39, 0.29) is 5.56 Å². The van der Waals surface area contributed by atoms with Crippen LogP contribution in [0.5, 0.6) is 23.0 Å². The molecular weight excluding hydrogens is 468 g/mol. The van der Waals surface area contributed by atoms with Crippen molar-refractivity contribution in [2.45, 2.75) is 6.61 Å². The number of urea groups is 1. The van der Waals surface area contributed by atoms with E-state index in [4.69, 9.17) is 23.7 Å². The van der Waals surface area contributed by atoms with Crippen molar-refractivity contribution in [1.82, 2.24) is 5.32 Å². The lowest BCUT2D eigenvalue weighted by Crippen LogP contribution is -2.37. The van der Waals surface area contributed by atoms with Crippen molar-refractivity contribution < 1.29 is 38.1 Å². The lowest BCUT2D eigenvalue weighted by Gasteiger charge is -2.19. The molecule has 3 aromatic rings. The molecule has 0 saturated carbocycles. The van der Waals surface area contributed by atoms with E-state index in [2.05, 4.69) is 10.6 Å². The first-order valence-corrected chi connectivity index (χ1v) is 11.0. The first-order chi connectivity index (χ1) is 17.5. The molecule has 2 N–H and O–H groups in total. The topological polar surface area (TPSA) is 121 Å². The summed E-state index contributed by atoms with van der Waals surface area (Å²) in [7, 11) is 1.45. The molecule has 186 valence electrons. The number of esters is 1. The van der Waals surface area contributed by atoms with Gasteiger partial charge in [-0.1, -0.05) is 30.3 Å². The van der Waals surface area contributed by atoms with E-state index in [0.717, 1.165) is 5.56 Å². The third-order valence-electron chi connectivity index (χ3n) is 5.02. The number of nitrogens with one attached hydrogen (secondary N) is 2. The third kappa shape index (κ3) is 6.44. The normalized spacial score (nSPS) is 11.7. The van der Waals surface area contributed by atoms with Crippen LogP contribution in [0.15, 0.2) is 66.7 Å². The van der Waals surface area contributed by atoms with Gasteiger partial charge in [0.2, 0.25) is 0 Å². The Morgan fingerprint density at radius 3 is 2.44 bits per heavy atom. The number of fused-ring (bicyclic) bond motifs is 1. The molecule has 0 atom stereocenters. The van der Waals surface area contributed by atoms with Gasteiger partial charge in [0, 0.05) is 11.8 Å². The second kappa shape index (κ2) is 11.6. The molecule has 3 aromatic carbocycles. The van der Waals surface area contributed by atoms with Crippen LogP contribution < -0.4 is 29.6 Å². The Hall–Kier alpha value is -4.73. The van der Waals surface area contributed by atoms with Crippen LogP contribution in [0.1, 0.15) is 15.9 Å². The molecule has 0 unspecified atom stereocenters. The highest BCUT2D eigenvalue weighted by molar-refractivity contribution is 6.02. The summed E-state index contributed by atoms with van der Waals surface area (Å²) in [5.74, 6) is 0.294. The van der Waals surface area contributed by atoms with Crippen molar-refractivity contribution in [2.75, 3.05) is 32.2 Å². The molecular formula is C26H24N2O8. The van der Waals surface area contributed by atoms with Crippen LogP contribution in [0.2, 0.25) is 0 Å². The second-order valence-electron chi connectivity index (χ2n) is 7.58. The van der Waals surface area contributed by atoms with Gasteiger partial charge in [-0.05, 0) is 35.9 Å². The van der Waals surface area contributed by atoms with Gasteiger partial charge in [-0.3, -0.25) is 10.1 Å². The smallest absolute Gasteiger partial charge is 0.338 e. The zero-order valence-electron chi connectivity index (χ0n) is 19.4. The maximum Gasteiger partial charge on any atom is 0.338 e. The van der Waals surface area contributed by atoms with Gasteiger partial charge < -0.3 is 29.0 Å². The zero-order valence-corrected chi connectivity index (χ0v) is 19.4. The Morgan fingerprint density at radius 2 is 1.67 bits per heavy atom. The number of imide groups is 1. The Balaban J connectivity index is 1.26. The zero-order chi connectivity index (χ0) is 25.3. The lowest BCUT2D eigenvalue weighted by molar-refractivity contribution is -0.123. The lowest BCUT2D eigenvalue weighted by atomic mass is 10.2. The second-order valence-corrected chi connectivity index (χ2v) is 7.58. The van der Waals surface area contributed by atoms with Gasteiger partial charge in [0.05, 0.1) is 12.7 Å². The number of hydrogen-bond acceptors (Lipinski definition) is 8. The summed E-state index contributed by atoms with van der Waals surface area (Å²) in [5.41, 5.74) is 1.54. The van der Waals surface area contributed by atoms with Crippen LogP contribution in [-0.4, -0.2) is 44.8 Å². The fourth-order valence-corrected chi connectivity index (χ4v) is 3.31. The van der Waals surface area contributed by atoms with E-state index in [9.17, 15) is 14.4 Å². The van der Waals surface area contributed by atoms with Gasteiger partial charge in [-0.15, -0.1) is 0 Å². The van der Waals surface area contributed by atoms with Gasteiger partial charge in [-0.2, -0.15) is 0 Å². The van der Waals surface area contributed by atoms with Gasteiger partial charge in [0.15, 0.2) is 29.6 Å². The maximum atomic E-state index is 12.4. The molecule has 0 fully saturated rings. The first kappa shape index (κ1) is 24.4. The van der Waals surface area contributed by atoms with Crippen LogP contribution in [0.4, 0.5) is 10.5 Å². The molecule has 0 aromatic heterocycles. The van der Waals surface area contributed by atoms with Crippen LogP contribution >= 0.6 is 0 Å². The predicted octanol–water partition coefficient (Wildman–Crippen LogP) is 3.55. The standard InChI is InChI=1S/C26H24N2O8/c1-32-22-13-18(7-9-20(22)35-15-17-5-3-2-4-6-17)25(30)36-16-24(29)28-26(31)27-19-8-10-21-23(14-19)34-12-11-33-21/h2-10,13-14H,11-12,15-16H2,1H3,(H2,27,28,29,31). The minimum absolute atomic E-state index is 0.160. The Kier molecular flexibility index (Phi) is 7.87. The predicted molar refractivity (Wildman–Crippen MR) is 129 cm³/mol. The van der Waals surface area contributed by atoms with Crippen LogP contribution in [0, 0.1) is 0 Å². The van der Waals surface area contributed by atoms with E-state index in [1.54, 1.807) is 24.3 Å². The summed E-state index contributed by atoms with van der Waals surface area (Å²) >= 11 is 0. The molecule has 1 aliphatic rings. The minimum Gasteiger partial charge on any atom is -0.493 e. The SMILES string of the molecule is COc1cc(C(=O)OCC(=O)NC(=O)Nc2ccc3c(c2)OCCO3)ccc1OCc1ccccc1. The molecule has 36 heavy (non-hydrogen) atoms. The number of carbonyl (C=O) groups is 3. The molecule has 10 heteroatoms. The highest BCUT2D eigenvalue weighted by Gasteiger charge is 2.17. The summed E-state index contributed by atoms with van der Waals surface area (Å²) in [6.07, 6.45) is 0. The van der Waals surface area contributed by atoms with Crippen LogP contribution in [0.3, 0.4) is 0 Å². The third-order valence-corrected chi connectivity index (χ3v) is 5.02. The highest BCUT2D eigenvalue weighted by atomic mass is 16.6. The Morgan fingerprint density at radius 1 is 0.889 bits per heavy atom. The molecule has 0 spiro atoms. The van der Waals surface area contributed by atoms with E-state index in [1.165, 1.54) is 19.2 Å². The summed E-state index contributed by atoms with van der Waals surface area (Å²) in [6, 6.07) is 18.2. The molecule has 0 bridgehead atoms. The largest absolute Gasteiger partial charge is 0.493 e. The summed E-state index contributed by atoms with van der Waals surface area (Å²) in [5, 5.41) is 4.61. The van der Waals surface area contributed by atoms with Crippen molar-refractivity contribution in [3.05, 3.63) is 77.9 Å². The van der Waals surface area contributed by atoms with Gasteiger partial charge in [0.1, 0.15) is 19.8 Å². The van der Waals surface area contributed by atoms with E-state index < -0.39 is 24.5 Å². The maximum absolute atomic E-state index is 12.4. The van der Waals surface area contributed by atoms with Gasteiger partial charge >= 0.3 is 12.0 Å². The molecule has 1 aliphatic heterocycles. The fourth-order valence-electron chi connectivity index (χ4n) is 3.31. The van der Waals surface area contributed by atoms with Crippen molar-refractivity contribution in [1.29, 1.82) is 0 Å². The number of ether oxygens (including phenoxy) is 5. The number of rotatable bonds is 8. The molecule has 0 aliphatic carbocycles. The van der Waals surface area contributed by atoms with Crippen molar-refractivity contribution in [3.8, 4) is 23.0 Å². The van der Waals surface area contributed by atoms with E-state index in [0.29, 0.717) is 48.5 Å². The fraction of sp³-hybridized carbons (Fsp3) is 0.192. The highest BCUT2D eigenvalue weighted by Crippen LogP contribution is 2.32. The van der Waals surface area contributed by atoms with Gasteiger partial charge in [0.25, 0.3) is 5.91 Å². The monoisotopic (exact) mass is 492 g/mol. The molecule has 3 amide bonds. The molecule has 0 radical (unpaired) electrons. The van der Waals surface area contributed by atoms with Gasteiger partial charge in [-0.25, -0.2) is 9.59 Å². The van der Waals surface area contributed by atoms with Crippen LogP contribution in [-0.2, 0) is 16.1 Å². The molecule has 10 nitrogen and oxygen atoms in total. The number of anilines is 1. The number of methoxy groups -OCH3 is 1. The molecule has 1 heterocycles. The van der Waals surface area contributed by atoms with Crippen molar-refractivity contribution in [3.63, 3.8) is 0 Å². The quantitative estimate of drug-likeness (QED) is 0.458. The summed E-state index contributed by atoms with van der Waals surface area (Å²) < 4.78 is 27.0. The van der Waals surface area contributed by atoms with E-state index in [1.807, 2.05) is 30.3 Å². The summed E-state index contributed by atoms with van der Waals surface area (Å²) in [4.78, 5) is 36.6. The first-order valence-electron chi connectivity index (χ1n) is 11.0. The Bertz CT molecular complexity index is 1250. The molecule has 0 saturated heterocycles. The molecule has 4 rings (SSSR count).